The molecular formula is C18H21NO5. The van der Waals surface area contributed by atoms with Gasteiger partial charge in [-0.1, -0.05) is 30.4 Å². The Bertz CT molecular complexity index is 615. The van der Waals surface area contributed by atoms with E-state index in [1.807, 2.05) is 36.4 Å². The molecule has 2 aliphatic heterocycles. The summed E-state index contributed by atoms with van der Waals surface area (Å²) in [6, 6.07) is 9.08. The van der Waals surface area contributed by atoms with Crippen molar-refractivity contribution in [3.63, 3.8) is 0 Å². The highest BCUT2D eigenvalue weighted by atomic mass is 16.6. The van der Waals surface area contributed by atoms with E-state index in [1.54, 1.807) is 4.90 Å². The Hall–Kier alpha value is -2.50. The first kappa shape index (κ1) is 16.4. The Morgan fingerprint density at radius 3 is 2.67 bits per heavy atom. The summed E-state index contributed by atoms with van der Waals surface area (Å²) in [5, 5.41) is 0. The predicted octanol–water partition coefficient (Wildman–Crippen LogP) is 2.25. The van der Waals surface area contributed by atoms with E-state index in [2.05, 4.69) is 6.08 Å². The number of piperidine rings is 1. The van der Waals surface area contributed by atoms with E-state index in [-0.39, 0.29) is 30.5 Å². The lowest BCUT2D eigenvalue weighted by atomic mass is 9.78. The van der Waals surface area contributed by atoms with Crippen LogP contribution in [-0.4, -0.2) is 49.9 Å². The van der Waals surface area contributed by atoms with Crippen molar-refractivity contribution in [2.24, 2.45) is 11.8 Å². The van der Waals surface area contributed by atoms with Crippen molar-refractivity contribution in [3.8, 4) is 5.75 Å². The van der Waals surface area contributed by atoms with E-state index in [1.165, 1.54) is 7.11 Å². The third-order valence-corrected chi connectivity index (χ3v) is 4.39. The summed E-state index contributed by atoms with van der Waals surface area (Å²) in [4.78, 5) is 25.8. The van der Waals surface area contributed by atoms with Crippen LogP contribution < -0.4 is 4.74 Å². The molecule has 0 unspecified atom stereocenters. The molecule has 4 rings (SSSR count). The molecule has 1 aromatic carbocycles. The number of nitrogens with zero attached hydrogens (tertiary/aromatic N) is 1. The van der Waals surface area contributed by atoms with Gasteiger partial charge < -0.3 is 19.1 Å². The molecule has 0 saturated carbocycles. The number of amides is 1. The van der Waals surface area contributed by atoms with Crippen molar-refractivity contribution in [1.82, 2.24) is 4.90 Å². The summed E-state index contributed by atoms with van der Waals surface area (Å²) in [5.41, 5.74) is 0. The summed E-state index contributed by atoms with van der Waals surface area (Å²) in [7, 11) is 1.35. The van der Waals surface area contributed by atoms with Crippen molar-refractivity contribution >= 4 is 12.1 Å². The molecule has 1 amide bonds. The average molecular weight is 331 g/mol. The average Bonchev–Trinajstić information content (AvgIpc) is 2.65. The molecule has 1 aromatic rings. The van der Waals surface area contributed by atoms with Crippen molar-refractivity contribution in [1.29, 1.82) is 0 Å². The van der Waals surface area contributed by atoms with Gasteiger partial charge in [-0.3, -0.25) is 4.79 Å². The fraction of sp³-hybridized carbons (Fsp3) is 0.444. The summed E-state index contributed by atoms with van der Waals surface area (Å²) < 4.78 is 15.6. The molecule has 6 heteroatoms. The number of rotatable bonds is 5. The third kappa shape index (κ3) is 3.53. The van der Waals surface area contributed by atoms with E-state index >= 15 is 0 Å². The number of esters is 1. The normalized spacial score (nSPS) is 24.5. The Kier molecular flexibility index (Phi) is 5.03. The van der Waals surface area contributed by atoms with Gasteiger partial charge in [0.25, 0.3) is 0 Å². The summed E-state index contributed by atoms with van der Waals surface area (Å²) >= 11 is 0. The molecule has 24 heavy (non-hydrogen) atoms. The molecule has 1 saturated heterocycles. The molecule has 0 aromatic heterocycles. The van der Waals surface area contributed by atoms with Crippen molar-refractivity contribution in [3.05, 3.63) is 42.5 Å². The van der Waals surface area contributed by atoms with Crippen molar-refractivity contribution in [2.45, 2.75) is 12.5 Å². The molecule has 128 valence electrons. The number of benzene rings is 1. The molecule has 2 bridgehead atoms. The maximum absolute atomic E-state index is 12.4. The minimum absolute atomic E-state index is 0.173. The standard InChI is InChI=1S/C18H21NO5/c1-22-18(21)19-12-13-7-8-16(19)15(11-13)17(20)24-10-9-23-14-5-3-2-4-6-14/h2-8,13,15-16H,9-12H2,1H3/t13-,15-,16-/m1/s1. The minimum atomic E-state index is -0.403. The predicted molar refractivity (Wildman–Crippen MR) is 86.5 cm³/mol. The second-order valence-corrected chi connectivity index (χ2v) is 5.93. The van der Waals surface area contributed by atoms with Crippen LogP contribution in [0.15, 0.2) is 42.5 Å². The first-order chi connectivity index (χ1) is 11.7. The SMILES string of the molecule is COC(=O)N1C[C@@H]2C=C[C@@H]1[C@H](C(=O)OCCOc1ccccc1)C2. The van der Waals surface area contributed by atoms with Gasteiger partial charge in [-0.15, -0.1) is 0 Å². The van der Waals surface area contributed by atoms with Gasteiger partial charge in [0.15, 0.2) is 0 Å². The van der Waals surface area contributed by atoms with Gasteiger partial charge in [-0.25, -0.2) is 4.79 Å². The number of methoxy groups -OCH3 is 1. The zero-order valence-electron chi connectivity index (χ0n) is 13.6. The molecule has 1 fully saturated rings. The fourth-order valence-electron chi connectivity index (χ4n) is 3.25. The molecule has 3 aliphatic rings. The molecule has 3 atom stereocenters. The van der Waals surface area contributed by atoms with E-state index in [0.717, 1.165) is 5.75 Å². The lowest BCUT2D eigenvalue weighted by Crippen LogP contribution is -2.55. The molecule has 0 spiro atoms. The highest BCUT2D eigenvalue weighted by molar-refractivity contribution is 5.77. The summed E-state index contributed by atoms with van der Waals surface area (Å²) in [5.74, 6) is 0.279. The number of ether oxygens (including phenoxy) is 3. The highest BCUT2D eigenvalue weighted by Gasteiger charge is 2.44. The lowest BCUT2D eigenvalue weighted by Gasteiger charge is -2.44. The van der Waals surface area contributed by atoms with E-state index in [0.29, 0.717) is 19.6 Å². The molecule has 0 radical (unpaired) electrons. The number of hydrogen-bond acceptors (Lipinski definition) is 5. The zero-order valence-corrected chi connectivity index (χ0v) is 13.6. The second kappa shape index (κ2) is 7.38. The third-order valence-electron chi connectivity index (χ3n) is 4.39. The number of fused-ring (bicyclic) bond motifs is 2. The number of hydrogen-bond donors (Lipinski definition) is 0. The number of carbonyl (C=O) groups is 2. The van der Waals surface area contributed by atoms with Crippen LogP contribution in [0, 0.1) is 11.8 Å². The monoisotopic (exact) mass is 331 g/mol. The first-order valence-corrected chi connectivity index (χ1v) is 8.06. The van der Waals surface area contributed by atoms with Gasteiger partial charge in [-0.2, -0.15) is 0 Å². The van der Waals surface area contributed by atoms with Crippen LogP contribution in [0.3, 0.4) is 0 Å². The largest absolute Gasteiger partial charge is 0.490 e. The van der Waals surface area contributed by atoms with Gasteiger partial charge in [0.1, 0.15) is 19.0 Å². The lowest BCUT2D eigenvalue weighted by molar-refractivity contribution is -0.153. The van der Waals surface area contributed by atoms with Gasteiger partial charge >= 0.3 is 12.1 Å². The van der Waals surface area contributed by atoms with Crippen molar-refractivity contribution in [2.75, 3.05) is 26.9 Å². The number of carbonyl (C=O) groups excluding carboxylic acids is 2. The minimum Gasteiger partial charge on any atom is -0.490 e. The highest BCUT2D eigenvalue weighted by Crippen LogP contribution is 2.35. The molecule has 1 aliphatic carbocycles. The maximum Gasteiger partial charge on any atom is 0.410 e. The quantitative estimate of drug-likeness (QED) is 0.470. The van der Waals surface area contributed by atoms with Crippen LogP contribution >= 0.6 is 0 Å². The Labute approximate surface area is 141 Å². The van der Waals surface area contributed by atoms with Crippen molar-refractivity contribution < 1.29 is 23.8 Å². The fourth-order valence-corrected chi connectivity index (χ4v) is 3.25. The molecule has 6 nitrogen and oxygen atoms in total. The molecular weight excluding hydrogens is 310 g/mol. The maximum atomic E-state index is 12.4. The van der Waals surface area contributed by atoms with Crippen LogP contribution in [0.4, 0.5) is 4.79 Å². The van der Waals surface area contributed by atoms with Gasteiger partial charge in [-0.05, 0) is 24.5 Å². The van der Waals surface area contributed by atoms with Gasteiger partial charge in [0.05, 0.1) is 19.1 Å². The first-order valence-electron chi connectivity index (χ1n) is 8.06. The molecule has 2 heterocycles. The van der Waals surface area contributed by atoms with Gasteiger partial charge in [0, 0.05) is 6.54 Å². The zero-order chi connectivity index (χ0) is 16.9. The Morgan fingerprint density at radius 1 is 1.17 bits per heavy atom. The summed E-state index contributed by atoms with van der Waals surface area (Å²) in [6.45, 7) is 1.07. The van der Waals surface area contributed by atoms with Crippen LogP contribution in [0.5, 0.6) is 5.75 Å². The van der Waals surface area contributed by atoms with E-state index in [4.69, 9.17) is 14.2 Å². The van der Waals surface area contributed by atoms with E-state index < -0.39 is 6.09 Å². The van der Waals surface area contributed by atoms with Crippen LogP contribution in [0.25, 0.3) is 0 Å². The topological polar surface area (TPSA) is 65.1 Å². The second-order valence-electron chi connectivity index (χ2n) is 5.93. The van der Waals surface area contributed by atoms with Crippen LogP contribution in [-0.2, 0) is 14.3 Å². The Balaban J connectivity index is 1.50. The van der Waals surface area contributed by atoms with Gasteiger partial charge in [0.2, 0.25) is 0 Å². The summed E-state index contributed by atoms with van der Waals surface area (Å²) in [6.07, 6.45) is 4.26. The number of para-hydroxylation sites is 1. The van der Waals surface area contributed by atoms with Crippen LogP contribution in [0.2, 0.25) is 0 Å². The Morgan fingerprint density at radius 2 is 1.96 bits per heavy atom. The molecule has 0 N–H and O–H groups in total. The smallest absolute Gasteiger partial charge is 0.410 e. The van der Waals surface area contributed by atoms with Crippen LogP contribution in [0.1, 0.15) is 6.42 Å². The van der Waals surface area contributed by atoms with E-state index in [9.17, 15) is 9.59 Å².